The highest BCUT2D eigenvalue weighted by molar-refractivity contribution is 5.30. The van der Waals surface area contributed by atoms with Gasteiger partial charge in [-0.05, 0) is 36.0 Å². The average Bonchev–Trinajstić information content (AvgIpc) is 2.84. The minimum atomic E-state index is -0.290. The quantitative estimate of drug-likeness (QED) is 0.887. The third kappa shape index (κ3) is 2.57. The molecule has 1 aromatic carbocycles. The zero-order chi connectivity index (χ0) is 13.2. The minimum absolute atomic E-state index is 0.0876. The molecule has 3 heteroatoms. The van der Waals surface area contributed by atoms with Gasteiger partial charge in [-0.15, -0.1) is 0 Å². The summed E-state index contributed by atoms with van der Waals surface area (Å²) in [6.45, 7) is 0.899. The van der Waals surface area contributed by atoms with Crippen LogP contribution in [0.5, 0.6) is 0 Å². The molecule has 0 radical (unpaired) electrons. The second-order valence-electron chi connectivity index (χ2n) is 5.29. The maximum atomic E-state index is 9.97. The van der Waals surface area contributed by atoms with E-state index in [1.807, 2.05) is 24.3 Å². The van der Waals surface area contributed by atoms with Crippen LogP contribution in [-0.2, 0) is 19.6 Å². The summed E-state index contributed by atoms with van der Waals surface area (Å²) in [6, 6.07) is 7.99. The van der Waals surface area contributed by atoms with Gasteiger partial charge in [0.1, 0.15) is 0 Å². The molecule has 0 saturated carbocycles. The Kier molecular flexibility index (Phi) is 3.40. The molecule has 0 aliphatic heterocycles. The van der Waals surface area contributed by atoms with Crippen LogP contribution in [0.15, 0.2) is 36.7 Å². The van der Waals surface area contributed by atoms with Gasteiger partial charge in [0.15, 0.2) is 0 Å². The monoisotopic (exact) mass is 257 g/mol. The van der Waals surface area contributed by atoms with Gasteiger partial charge in [-0.1, -0.05) is 24.3 Å². The number of fused-ring (bicyclic) bond motifs is 1. The van der Waals surface area contributed by atoms with E-state index < -0.39 is 0 Å². The van der Waals surface area contributed by atoms with Gasteiger partial charge in [-0.3, -0.25) is 0 Å². The summed E-state index contributed by atoms with van der Waals surface area (Å²) in [5.41, 5.74) is 4.52. The number of aliphatic hydroxyl groups is 2. The first-order valence-corrected chi connectivity index (χ1v) is 6.81. The van der Waals surface area contributed by atoms with Gasteiger partial charge in [0, 0.05) is 24.5 Å². The van der Waals surface area contributed by atoms with Crippen molar-refractivity contribution < 1.29 is 10.2 Å². The normalized spacial score (nSPS) is 18.3. The Morgan fingerprint density at radius 1 is 1.11 bits per heavy atom. The molecular weight excluding hydrogens is 238 g/mol. The molecule has 19 heavy (non-hydrogen) atoms. The molecule has 3 rings (SSSR count). The molecule has 1 aliphatic carbocycles. The number of aromatic nitrogens is 1. The summed E-state index contributed by atoms with van der Waals surface area (Å²) in [5.74, 6) is 0. The van der Waals surface area contributed by atoms with Crippen molar-refractivity contribution >= 4 is 0 Å². The summed E-state index contributed by atoms with van der Waals surface area (Å²) < 4.78 is 2.15. The van der Waals surface area contributed by atoms with E-state index in [9.17, 15) is 5.11 Å². The molecule has 1 aromatic heterocycles. The van der Waals surface area contributed by atoms with Crippen molar-refractivity contribution in [1.29, 1.82) is 0 Å². The summed E-state index contributed by atoms with van der Waals surface area (Å²) in [7, 11) is 0. The molecule has 1 aliphatic rings. The fourth-order valence-electron chi connectivity index (χ4n) is 2.78. The molecule has 0 spiro atoms. The Labute approximate surface area is 113 Å². The largest absolute Gasteiger partial charge is 0.392 e. The molecular formula is C16H19NO2. The van der Waals surface area contributed by atoms with Crippen LogP contribution in [0.1, 0.15) is 41.2 Å². The zero-order valence-corrected chi connectivity index (χ0v) is 10.9. The summed E-state index contributed by atoms with van der Waals surface area (Å²) in [4.78, 5) is 0. The van der Waals surface area contributed by atoms with Gasteiger partial charge in [0.2, 0.25) is 0 Å². The number of aryl methyl sites for hydroxylation is 1. The number of benzene rings is 1. The van der Waals surface area contributed by atoms with Crippen LogP contribution in [0.3, 0.4) is 0 Å². The molecule has 0 amide bonds. The Morgan fingerprint density at radius 2 is 1.84 bits per heavy atom. The van der Waals surface area contributed by atoms with Gasteiger partial charge in [-0.25, -0.2) is 0 Å². The fourth-order valence-corrected chi connectivity index (χ4v) is 2.78. The van der Waals surface area contributed by atoms with Crippen LogP contribution in [-0.4, -0.2) is 14.8 Å². The maximum absolute atomic E-state index is 9.97. The fraction of sp³-hybridized carbons (Fsp3) is 0.375. The van der Waals surface area contributed by atoms with Crippen molar-refractivity contribution in [3.05, 3.63) is 58.9 Å². The number of nitrogens with zero attached hydrogens (tertiary/aromatic N) is 1. The van der Waals surface area contributed by atoms with Crippen molar-refractivity contribution in [1.82, 2.24) is 4.57 Å². The smallest absolute Gasteiger partial charge is 0.0807 e. The number of rotatable bonds is 3. The predicted octanol–water partition coefficient (Wildman–Crippen LogP) is 2.40. The highest BCUT2D eigenvalue weighted by Gasteiger charge is 2.19. The third-order valence-corrected chi connectivity index (χ3v) is 3.85. The van der Waals surface area contributed by atoms with E-state index in [0.717, 1.165) is 36.9 Å². The highest BCUT2D eigenvalue weighted by Crippen LogP contribution is 2.30. The topological polar surface area (TPSA) is 45.4 Å². The predicted molar refractivity (Wildman–Crippen MR) is 73.8 cm³/mol. The first-order valence-electron chi connectivity index (χ1n) is 6.81. The van der Waals surface area contributed by atoms with Gasteiger partial charge in [0.05, 0.1) is 12.7 Å². The Bertz CT molecular complexity index is 557. The molecule has 100 valence electrons. The zero-order valence-electron chi connectivity index (χ0n) is 10.9. The van der Waals surface area contributed by atoms with Crippen molar-refractivity contribution in [2.75, 3.05) is 0 Å². The van der Waals surface area contributed by atoms with Gasteiger partial charge in [-0.2, -0.15) is 0 Å². The van der Waals surface area contributed by atoms with Crippen LogP contribution in [0, 0.1) is 0 Å². The standard InChI is InChI=1S/C16H19NO2/c18-11-13-6-4-12(5-7-13)8-17-9-14-2-1-3-16(19)15(14)10-17/h4-7,9-10,16,18-19H,1-3,8,11H2. The summed E-state index contributed by atoms with van der Waals surface area (Å²) in [5, 5.41) is 19.0. The first-order chi connectivity index (χ1) is 9.26. The van der Waals surface area contributed by atoms with Crippen LogP contribution >= 0.6 is 0 Å². The highest BCUT2D eigenvalue weighted by atomic mass is 16.3. The second-order valence-corrected chi connectivity index (χ2v) is 5.29. The van der Waals surface area contributed by atoms with Crippen molar-refractivity contribution in [3.8, 4) is 0 Å². The SMILES string of the molecule is OCc1ccc(Cn2cc3c(c2)C(O)CCC3)cc1. The minimum Gasteiger partial charge on any atom is -0.392 e. The molecule has 3 nitrogen and oxygen atoms in total. The van der Waals surface area contributed by atoms with Gasteiger partial charge < -0.3 is 14.8 Å². The van der Waals surface area contributed by atoms with E-state index in [4.69, 9.17) is 5.11 Å². The lowest BCUT2D eigenvalue weighted by molar-refractivity contribution is 0.157. The van der Waals surface area contributed by atoms with E-state index in [-0.39, 0.29) is 12.7 Å². The van der Waals surface area contributed by atoms with E-state index in [1.165, 1.54) is 11.1 Å². The summed E-state index contributed by atoms with van der Waals surface area (Å²) in [6.07, 6.45) is 6.95. The van der Waals surface area contributed by atoms with Crippen molar-refractivity contribution in [3.63, 3.8) is 0 Å². The van der Waals surface area contributed by atoms with Crippen LogP contribution < -0.4 is 0 Å². The molecule has 2 aromatic rings. The first kappa shape index (κ1) is 12.5. The Balaban J connectivity index is 1.79. The van der Waals surface area contributed by atoms with Crippen LogP contribution in [0.2, 0.25) is 0 Å². The lowest BCUT2D eigenvalue weighted by Gasteiger charge is -2.16. The van der Waals surface area contributed by atoms with Crippen molar-refractivity contribution in [2.24, 2.45) is 0 Å². The second kappa shape index (κ2) is 5.19. The van der Waals surface area contributed by atoms with Crippen molar-refractivity contribution in [2.45, 2.75) is 38.5 Å². The third-order valence-electron chi connectivity index (χ3n) is 3.85. The average molecular weight is 257 g/mol. The molecule has 1 atom stereocenters. The van der Waals surface area contributed by atoms with Gasteiger partial charge >= 0.3 is 0 Å². The van der Waals surface area contributed by atoms with E-state index in [2.05, 4.69) is 17.0 Å². The summed E-state index contributed by atoms with van der Waals surface area (Å²) >= 11 is 0. The molecule has 0 bridgehead atoms. The molecule has 0 saturated heterocycles. The Hall–Kier alpha value is -1.58. The van der Waals surface area contributed by atoms with Crippen LogP contribution in [0.25, 0.3) is 0 Å². The number of hydrogen-bond acceptors (Lipinski definition) is 2. The van der Waals surface area contributed by atoms with E-state index in [1.54, 1.807) is 0 Å². The van der Waals surface area contributed by atoms with Crippen LogP contribution in [0.4, 0.5) is 0 Å². The maximum Gasteiger partial charge on any atom is 0.0807 e. The number of hydrogen-bond donors (Lipinski definition) is 2. The molecule has 1 unspecified atom stereocenters. The lowest BCUT2D eigenvalue weighted by Crippen LogP contribution is -2.05. The van der Waals surface area contributed by atoms with E-state index in [0.29, 0.717) is 0 Å². The Morgan fingerprint density at radius 3 is 2.53 bits per heavy atom. The van der Waals surface area contributed by atoms with Gasteiger partial charge in [0.25, 0.3) is 0 Å². The lowest BCUT2D eigenvalue weighted by atomic mass is 9.93. The molecule has 2 N–H and O–H groups in total. The van der Waals surface area contributed by atoms with E-state index >= 15 is 0 Å². The molecule has 1 heterocycles. The number of aliphatic hydroxyl groups excluding tert-OH is 2. The molecule has 0 fully saturated rings.